The number of aryl methyl sites for hydroxylation is 1. The summed E-state index contributed by atoms with van der Waals surface area (Å²) in [6.45, 7) is 1.94. The average Bonchev–Trinajstić information content (AvgIpc) is 3.35. The van der Waals surface area contributed by atoms with E-state index in [1.165, 1.54) is 29.5 Å². The van der Waals surface area contributed by atoms with Gasteiger partial charge in [-0.1, -0.05) is 65.9 Å². The molecule has 0 aliphatic heterocycles. The largest absolute Gasteiger partial charge is 0.333 e. The first-order valence-electron chi connectivity index (χ1n) is 8.60. The summed E-state index contributed by atoms with van der Waals surface area (Å²) in [5.41, 5.74) is 1.52. The van der Waals surface area contributed by atoms with Gasteiger partial charge in [-0.2, -0.15) is 4.98 Å². The van der Waals surface area contributed by atoms with Crippen molar-refractivity contribution < 1.29 is 13.7 Å². The molecule has 0 fully saturated rings. The molecule has 0 saturated heterocycles. The highest BCUT2D eigenvalue weighted by Crippen LogP contribution is 2.33. The van der Waals surface area contributed by atoms with E-state index in [1.54, 1.807) is 6.07 Å². The molecule has 28 heavy (non-hydrogen) atoms. The second-order valence-corrected chi connectivity index (χ2v) is 6.87. The number of hydrogen-bond donors (Lipinski definition) is 1. The standard InChI is InChI=1S/C20H15FN4O2S/c1-2-15-16(19-23-17(25-27-19)12-8-4-3-5-9-12)28-20(22-15)24-18(26)13-10-6-7-11-14(13)21/h3-11H,2H2,1H3,(H,22,24,26). The number of halogens is 1. The molecule has 140 valence electrons. The van der Waals surface area contributed by atoms with Gasteiger partial charge in [0.25, 0.3) is 11.8 Å². The van der Waals surface area contributed by atoms with Crippen molar-refractivity contribution in [3.8, 4) is 22.2 Å². The van der Waals surface area contributed by atoms with Gasteiger partial charge in [-0.3, -0.25) is 10.1 Å². The van der Waals surface area contributed by atoms with Gasteiger partial charge in [0.15, 0.2) is 5.13 Å². The lowest BCUT2D eigenvalue weighted by Gasteiger charge is -2.02. The summed E-state index contributed by atoms with van der Waals surface area (Å²) in [5, 5.41) is 7.01. The quantitative estimate of drug-likeness (QED) is 0.525. The van der Waals surface area contributed by atoms with Crippen LogP contribution in [0.2, 0.25) is 0 Å². The molecule has 8 heteroatoms. The Balaban J connectivity index is 1.61. The first kappa shape index (κ1) is 18.0. The highest BCUT2D eigenvalue weighted by molar-refractivity contribution is 7.19. The van der Waals surface area contributed by atoms with Gasteiger partial charge in [0.05, 0.1) is 11.3 Å². The normalized spacial score (nSPS) is 10.8. The van der Waals surface area contributed by atoms with Crippen molar-refractivity contribution in [2.75, 3.05) is 5.32 Å². The van der Waals surface area contributed by atoms with Crippen LogP contribution in [0.5, 0.6) is 0 Å². The molecule has 2 aromatic heterocycles. The Hall–Kier alpha value is -3.39. The zero-order chi connectivity index (χ0) is 19.5. The zero-order valence-corrected chi connectivity index (χ0v) is 15.7. The number of thiazole rings is 1. The zero-order valence-electron chi connectivity index (χ0n) is 14.8. The Labute approximate surface area is 164 Å². The van der Waals surface area contributed by atoms with Gasteiger partial charge in [0.2, 0.25) is 5.82 Å². The van der Waals surface area contributed by atoms with Crippen molar-refractivity contribution in [2.24, 2.45) is 0 Å². The number of benzene rings is 2. The molecule has 0 bridgehead atoms. The Morgan fingerprint density at radius 2 is 1.86 bits per heavy atom. The summed E-state index contributed by atoms with van der Waals surface area (Å²) >= 11 is 1.21. The summed E-state index contributed by atoms with van der Waals surface area (Å²) in [4.78, 5) is 21.9. The fourth-order valence-electron chi connectivity index (χ4n) is 2.64. The number of nitrogens with one attached hydrogen (secondary N) is 1. The van der Waals surface area contributed by atoms with E-state index in [2.05, 4.69) is 20.4 Å². The Morgan fingerprint density at radius 1 is 1.11 bits per heavy atom. The van der Waals surface area contributed by atoms with Gasteiger partial charge in [-0.25, -0.2) is 9.37 Å². The van der Waals surface area contributed by atoms with Crippen LogP contribution in [0.4, 0.5) is 9.52 Å². The second-order valence-electron chi connectivity index (χ2n) is 5.87. The van der Waals surface area contributed by atoms with Crippen molar-refractivity contribution in [3.63, 3.8) is 0 Å². The van der Waals surface area contributed by atoms with E-state index in [4.69, 9.17) is 4.52 Å². The van der Waals surface area contributed by atoms with Gasteiger partial charge >= 0.3 is 0 Å². The van der Waals surface area contributed by atoms with Crippen LogP contribution in [-0.2, 0) is 6.42 Å². The Bertz CT molecular complexity index is 1120. The molecule has 2 aromatic carbocycles. The van der Waals surface area contributed by atoms with Crippen molar-refractivity contribution >= 4 is 22.4 Å². The van der Waals surface area contributed by atoms with E-state index in [0.717, 1.165) is 11.3 Å². The van der Waals surface area contributed by atoms with Gasteiger partial charge < -0.3 is 4.52 Å². The molecule has 0 aliphatic rings. The summed E-state index contributed by atoms with van der Waals surface area (Å²) in [7, 11) is 0. The van der Waals surface area contributed by atoms with Crippen LogP contribution in [-0.4, -0.2) is 21.0 Å². The second kappa shape index (κ2) is 7.69. The Kier molecular flexibility index (Phi) is 4.94. The number of anilines is 1. The molecular weight excluding hydrogens is 379 g/mol. The number of nitrogens with zero attached hydrogens (tertiary/aromatic N) is 3. The van der Waals surface area contributed by atoms with Crippen LogP contribution >= 0.6 is 11.3 Å². The van der Waals surface area contributed by atoms with E-state index >= 15 is 0 Å². The number of hydrogen-bond acceptors (Lipinski definition) is 6. The van der Waals surface area contributed by atoms with E-state index in [-0.39, 0.29) is 5.56 Å². The van der Waals surface area contributed by atoms with Crippen molar-refractivity contribution in [1.82, 2.24) is 15.1 Å². The molecule has 1 N–H and O–H groups in total. The average molecular weight is 394 g/mol. The molecule has 0 radical (unpaired) electrons. The van der Waals surface area contributed by atoms with Crippen LogP contribution in [0.1, 0.15) is 23.0 Å². The summed E-state index contributed by atoms with van der Waals surface area (Å²) in [6, 6.07) is 15.3. The number of carbonyl (C=O) groups excluding carboxylic acids is 1. The van der Waals surface area contributed by atoms with Gasteiger partial charge in [-0.15, -0.1) is 0 Å². The molecule has 0 saturated carbocycles. The smallest absolute Gasteiger partial charge is 0.270 e. The molecule has 0 aliphatic carbocycles. The minimum Gasteiger partial charge on any atom is -0.333 e. The summed E-state index contributed by atoms with van der Waals surface area (Å²) in [5.74, 6) is -0.337. The molecule has 4 rings (SSSR count). The lowest BCUT2D eigenvalue weighted by atomic mass is 10.2. The van der Waals surface area contributed by atoms with Crippen LogP contribution in [0, 0.1) is 5.82 Å². The topological polar surface area (TPSA) is 80.9 Å². The Morgan fingerprint density at radius 3 is 2.61 bits per heavy atom. The monoisotopic (exact) mass is 394 g/mol. The van der Waals surface area contributed by atoms with Crippen molar-refractivity contribution in [1.29, 1.82) is 0 Å². The lowest BCUT2D eigenvalue weighted by molar-refractivity contribution is 0.102. The predicted octanol–water partition coefficient (Wildman–Crippen LogP) is 4.81. The molecular formula is C20H15FN4O2S. The van der Waals surface area contributed by atoms with Crippen molar-refractivity contribution in [3.05, 3.63) is 71.7 Å². The van der Waals surface area contributed by atoms with E-state index in [9.17, 15) is 9.18 Å². The maximum atomic E-state index is 13.8. The number of amides is 1. The molecule has 0 unspecified atom stereocenters. The fourth-order valence-corrected chi connectivity index (χ4v) is 3.61. The molecule has 1 amide bonds. The fraction of sp³-hybridized carbons (Fsp3) is 0.100. The molecule has 0 spiro atoms. The summed E-state index contributed by atoms with van der Waals surface area (Å²) in [6.07, 6.45) is 0.616. The van der Waals surface area contributed by atoms with Crippen LogP contribution in [0.3, 0.4) is 0 Å². The highest BCUT2D eigenvalue weighted by Gasteiger charge is 2.20. The van der Waals surface area contributed by atoms with Crippen LogP contribution in [0.25, 0.3) is 22.2 Å². The molecule has 2 heterocycles. The van der Waals surface area contributed by atoms with E-state index < -0.39 is 11.7 Å². The predicted molar refractivity (Wildman–Crippen MR) is 105 cm³/mol. The first-order valence-corrected chi connectivity index (χ1v) is 9.42. The first-order chi connectivity index (χ1) is 13.7. The number of carbonyl (C=O) groups is 1. The van der Waals surface area contributed by atoms with Crippen LogP contribution < -0.4 is 5.32 Å². The van der Waals surface area contributed by atoms with Crippen LogP contribution in [0.15, 0.2) is 59.1 Å². The maximum absolute atomic E-state index is 13.8. The lowest BCUT2D eigenvalue weighted by Crippen LogP contribution is -2.13. The molecule has 4 aromatic rings. The van der Waals surface area contributed by atoms with Gasteiger partial charge in [-0.05, 0) is 18.6 Å². The highest BCUT2D eigenvalue weighted by atomic mass is 32.1. The maximum Gasteiger partial charge on any atom is 0.270 e. The third-order valence-corrected chi connectivity index (χ3v) is 5.02. The number of rotatable bonds is 5. The van der Waals surface area contributed by atoms with Crippen molar-refractivity contribution in [2.45, 2.75) is 13.3 Å². The van der Waals surface area contributed by atoms with E-state index in [0.29, 0.717) is 28.1 Å². The van der Waals surface area contributed by atoms with Gasteiger partial charge in [0.1, 0.15) is 10.7 Å². The molecule has 6 nitrogen and oxygen atoms in total. The minimum absolute atomic E-state index is 0.0403. The summed E-state index contributed by atoms with van der Waals surface area (Å²) < 4.78 is 19.2. The SMILES string of the molecule is CCc1nc(NC(=O)c2ccccc2F)sc1-c1nc(-c2ccccc2)no1. The minimum atomic E-state index is -0.586. The van der Waals surface area contributed by atoms with E-state index in [1.807, 2.05) is 37.3 Å². The third kappa shape index (κ3) is 3.54. The molecule has 0 atom stereocenters. The number of aromatic nitrogens is 3. The third-order valence-electron chi connectivity index (χ3n) is 4.02. The van der Waals surface area contributed by atoms with Gasteiger partial charge in [0, 0.05) is 5.56 Å².